The molecule has 1 aliphatic heterocycles. The van der Waals surface area contributed by atoms with Gasteiger partial charge in [0.05, 0.1) is 28.7 Å². The normalized spacial score (nSPS) is 20.6. The van der Waals surface area contributed by atoms with Crippen molar-refractivity contribution < 1.29 is 31.9 Å². The molecule has 2 aromatic heterocycles. The predicted octanol–water partition coefficient (Wildman–Crippen LogP) is 8.18. The van der Waals surface area contributed by atoms with Crippen molar-refractivity contribution in [3.8, 4) is 5.69 Å². The highest BCUT2D eigenvalue weighted by Crippen LogP contribution is 2.59. The first kappa shape index (κ1) is 36.8. The molecule has 0 spiro atoms. The molecule has 15 heteroatoms. The maximum Gasteiger partial charge on any atom is 0.306 e. The van der Waals surface area contributed by atoms with Gasteiger partial charge in [-0.3, -0.25) is 19.5 Å². The molecule has 1 amide bonds. The number of guanidine groups is 1. The van der Waals surface area contributed by atoms with Gasteiger partial charge in [0.1, 0.15) is 12.9 Å². The van der Waals surface area contributed by atoms with E-state index in [2.05, 4.69) is 10.1 Å². The standard InChI is InChI=1S/C38H40ClF4N7O3/c1-35(2,3)19-38(24-9-12-27-22(15-24)8-11-26(47-27)21-5-6-21)33(52)49(34(44)48-38)29(18-53-30(51)17-37(13-14-37)36(4,42)43)23-7-10-25(39)28(16-23)50-32(31(40)41)45-20-46-50/h7-12,15-16,20-21,29,31H,5-6,13-14,17-19H2,1-4H3,(H2,44,48)/t29-,38-/m1/s1. The van der Waals surface area contributed by atoms with Crippen LogP contribution < -0.4 is 5.73 Å². The van der Waals surface area contributed by atoms with Crippen LogP contribution in [0.1, 0.15) is 107 Å². The summed E-state index contributed by atoms with van der Waals surface area (Å²) in [7, 11) is 0. The van der Waals surface area contributed by atoms with Gasteiger partial charge in [0.25, 0.3) is 18.3 Å². The lowest BCUT2D eigenvalue weighted by Gasteiger charge is -2.35. The van der Waals surface area contributed by atoms with Gasteiger partial charge in [-0.25, -0.2) is 32.2 Å². The number of nitrogens with zero attached hydrogens (tertiary/aromatic N) is 6. The zero-order valence-electron chi connectivity index (χ0n) is 29.8. The van der Waals surface area contributed by atoms with Crippen molar-refractivity contribution in [1.82, 2.24) is 24.6 Å². The van der Waals surface area contributed by atoms with E-state index < -0.39 is 65.5 Å². The zero-order chi connectivity index (χ0) is 38.1. The van der Waals surface area contributed by atoms with Gasteiger partial charge in [0.15, 0.2) is 17.3 Å². The fourth-order valence-corrected chi connectivity index (χ4v) is 7.50. The van der Waals surface area contributed by atoms with E-state index in [1.165, 1.54) is 23.1 Å². The van der Waals surface area contributed by atoms with E-state index in [4.69, 9.17) is 32.0 Å². The van der Waals surface area contributed by atoms with Gasteiger partial charge in [0, 0.05) is 22.4 Å². The largest absolute Gasteiger partial charge is 0.463 e. The highest BCUT2D eigenvalue weighted by atomic mass is 35.5. The summed E-state index contributed by atoms with van der Waals surface area (Å²) >= 11 is 6.49. The van der Waals surface area contributed by atoms with Crippen LogP contribution in [0.15, 0.2) is 59.9 Å². The third-order valence-electron chi connectivity index (χ3n) is 10.4. The molecule has 280 valence electrons. The minimum atomic E-state index is -3.10. The number of benzene rings is 2. The highest BCUT2D eigenvalue weighted by molar-refractivity contribution is 6.32. The molecule has 53 heavy (non-hydrogen) atoms. The van der Waals surface area contributed by atoms with E-state index in [1.54, 1.807) is 0 Å². The van der Waals surface area contributed by atoms with Gasteiger partial charge < -0.3 is 10.5 Å². The Morgan fingerprint density at radius 1 is 1.08 bits per heavy atom. The number of aliphatic imine (C=N–C) groups is 1. The first-order chi connectivity index (χ1) is 24.9. The van der Waals surface area contributed by atoms with Crippen molar-refractivity contribution in [2.75, 3.05) is 6.61 Å². The van der Waals surface area contributed by atoms with Crippen LogP contribution in [0.3, 0.4) is 0 Å². The lowest BCUT2D eigenvalue weighted by Crippen LogP contribution is -2.47. The molecule has 0 saturated heterocycles. The van der Waals surface area contributed by atoms with Crippen LogP contribution in [0.4, 0.5) is 17.6 Å². The number of ether oxygens (including phenoxy) is 1. The number of carbonyl (C=O) groups excluding carboxylic acids is 2. The quantitative estimate of drug-likeness (QED) is 0.114. The van der Waals surface area contributed by atoms with E-state index >= 15 is 4.79 Å². The minimum absolute atomic E-state index is 0.0200. The molecular formula is C38H40ClF4N7O3. The monoisotopic (exact) mass is 753 g/mol. The molecule has 7 rings (SSSR count). The summed E-state index contributed by atoms with van der Waals surface area (Å²) in [5.41, 5.74) is 5.89. The molecule has 3 aliphatic rings. The summed E-state index contributed by atoms with van der Waals surface area (Å²) in [6, 6.07) is 12.8. The van der Waals surface area contributed by atoms with Gasteiger partial charge in [-0.05, 0) is 85.9 Å². The average molecular weight is 754 g/mol. The van der Waals surface area contributed by atoms with Crippen LogP contribution in [0.25, 0.3) is 16.6 Å². The number of hydrogen-bond donors (Lipinski definition) is 1. The Morgan fingerprint density at radius 3 is 2.45 bits per heavy atom. The summed E-state index contributed by atoms with van der Waals surface area (Å²) in [4.78, 5) is 42.8. The van der Waals surface area contributed by atoms with Crippen molar-refractivity contribution in [3.05, 3.63) is 82.5 Å². The first-order valence-electron chi connectivity index (χ1n) is 17.5. The molecule has 10 nitrogen and oxygen atoms in total. The summed E-state index contributed by atoms with van der Waals surface area (Å²) in [5, 5.41) is 4.80. The fourth-order valence-electron chi connectivity index (χ4n) is 7.30. The Morgan fingerprint density at radius 2 is 1.81 bits per heavy atom. The number of esters is 1. The number of aromatic nitrogens is 4. The molecule has 2 fully saturated rings. The number of hydrogen-bond acceptors (Lipinski definition) is 8. The van der Waals surface area contributed by atoms with Crippen molar-refractivity contribution in [2.45, 2.75) is 96.1 Å². The van der Waals surface area contributed by atoms with Crippen LogP contribution in [0.2, 0.25) is 5.02 Å². The van der Waals surface area contributed by atoms with E-state index in [1.807, 2.05) is 51.1 Å². The Labute approximate surface area is 308 Å². The van der Waals surface area contributed by atoms with Gasteiger partial charge in [-0.1, -0.05) is 50.6 Å². The molecule has 2 atom stereocenters. The van der Waals surface area contributed by atoms with Crippen molar-refractivity contribution in [2.24, 2.45) is 21.6 Å². The molecule has 2 saturated carbocycles. The SMILES string of the molecule is CC(C)(C)C[C@]1(c2ccc3nc(C4CC4)ccc3c2)N=C(N)N([C@H](COC(=O)CC2(C(C)(F)F)CC2)c2ccc(Cl)c(-n3ncnc3C(F)F)c2)C1=O. The third-order valence-corrected chi connectivity index (χ3v) is 10.7. The van der Waals surface area contributed by atoms with Crippen molar-refractivity contribution in [1.29, 1.82) is 0 Å². The smallest absolute Gasteiger partial charge is 0.306 e. The van der Waals surface area contributed by atoms with E-state index in [0.29, 0.717) is 11.5 Å². The molecule has 2 aliphatic carbocycles. The second kappa shape index (κ2) is 13.1. The zero-order valence-corrected chi connectivity index (χ0v) is 30.5. The molecule has 4 aromatic rings. The molecule has 0 bridgehead atoms. The van der Waals surface area contributed by atoms with Gasteiger partial charge in [-0.15, -0.1) is 0 Å². The second-order valence-electron chi connectivity index (χ2n) is 15.7. The van der Waals surface area contributed by atoms with Crippen molar-refractivity contribution in [3.63, 3.8) is 0 Å². The van der Waals surface area contributed by atoms with Gasteiger partial charge in [-0.2, -0.15) is 5.10 Å². The van der Waals surface area contributed by atoms with Gasteiger partial charge >= 0.3 is 5.97 Å². The molecular weight excluding hydrogens is 714 g/mol. The second-order valence-corrected chi connectivity index (χ2v) is 16.2. The molecule has 0 radical (unpaired) electrons. The maximum atomic E-state index is 15.1. The number of fused-ring (bicyclic) bond motifs is 1. The fraction of sp³-hybridized carbons (Fsp3) is 0.474. The van der Waals surface area contributed by atoms with Crippen LogP contribution in [0, 0.1) is 10.8 Å². The van der Waals surface area contributed by atoms with Crippen molar-refractivity contribution >= 4 is 40.3 Å². The Hall–Kier alpha value is -4.59. The van der Waals surface area contributed by atoms with E-state index in [0.717, 1.165) is 47.4 Å². The van der Waals surface area contributed by atoms with E-state index in [9.17, 15) is 22.4 Å². The molecule has 2 N–H and O–H groups in total. The minimum Gasteiger partial charge on any atom is -0.463 e. The number of rotatable bonds is 12. The number of alkyl halides is 4. The summed E-state index contributed by atoms with van der Waals surface area (Å²) < 4.78 is 63.1. The lowest BCUT2D eigenvalue weighted by molar-refractivity contribution is -0.153. The number of pyridine rings is 1. The molecule has 3 heterocycles. The van der Waals surface area contributed by atoms with Crippen LogP contribution in [0.5, 0.6) is 0 Å². The number of amides is 1. The Kier molecular flexibility index (Phi) is 9.06. The molecule has 0 unspecified atom stereocenters. The third kappa shape index (κ3) is 6.97. The number of nitrogens with two attached hydrogens (primary N) is 1. The lowest BCUT2D eigenvalue weighted by atomic mass is 9.75. The maximum absolute atomic E-state index is 15.1. The predicted molar refractivity (Wildman–Crippen MR) is 190 cm³/mol. The van der Waals surface area contributed by atoms with Crippen LogP contribution in [-0.4, -0.2) is 55.0 Å². The summed E-state index contributed by atoms with van der Waals surface area (Å²) in [6.07, 6.45) is 0.233. The molecule has 2 aromatic carbocycles. The topological polar surface area (TPSA) is 129 Å². The first-order valence-corrected chi connectivity index (χ1v) is 17.9. The highest BCUT2D eigenvalue weighted by Gasteiger charge is 2.60. The van der Waals surface area contributed by atoms with Gasteiger partial charge in [0.2, 0.25) is 0 Å². The summed E-state index contributed by atoms with van der Waals surface area (Å²) in [6.45, 7) is 6.20. The summed E-state index contributed by atoms with van der Waals surface area (Å²) in [5.74, 6) is -4.88. The number of halogens is 5. The van der Waals surface area contributed by atoms with Crippen LogP contribution >= 0.6 is 11.6 Å². The Bertz CT molecular complexity index is 2120. The average Bonchev–Trinajstić information content (AvgIpc) is 4.01. The Balaban J connectivity index is 1.29. The number of carbonyl (C=O) groups is 2. The van der Waals surface area contributed by atoms with Crippen LogP contribution in [-0.2, 0) is 19.9 Å². The van der Waals surface area contributed by atoms with E-state index in [-0.39, 0.29) is 41.5 Å².